The fourth-order valence-corrected chi connectivity index (χ4v) is 1.92. The predicted octanol–water partition coefficient (Wildman–Crippen LogP) is 2.88. The van der Waals surface area contributed by atoms with E-state index in [-0.39, 0.29) is 0 Å². The predicted molar refractivity (Wildman–Crippen MR) is 56.8 cm³/mol. The number of nitrogens with zero attached hydrogens (tertiary/aromatic N) is 2. The van der Waals surface area contributed by atoms with Gasteiger partial charge in [0.25, 0.3) is 5.22 Å². The molecule has 0 bridgehead atoms. The molecule has 2 aromatic heterocycles. The second kappa shape index (κ2) is 4.10. The molecule has 0 radical (unpaired) electrons. The highest BCUT2D eigenvalue weighted by atomic mass is 32.2. The van der Waals surface area contributed by atoms with E-state index in [1.165, 1.54) is 11.8 Å². The Labute approximate surface area is 92.1 Å². The number of thioether (sulfide) groups is 1. The highest BCUT2D eigenvalue weighted by molar-refractivity contribution is 7.98. The fourth-order valence-electron chi connectivity index (χ4n) is 1.13. The minimum Gasteiger partial charge on any atom is -0.437 e. The molecule has 15 heavy (non-hydrogen) atoms. The average Bonchev–Trinajstić information content (AvgIpc) is 2.72. The normalized spacial score (nSPS) is 10.9. The van der Waals surface area contributed by atoms with Crippen LogP contribution in [-0.2, 0) is 5.75 Å². The number of aryl methyl sites for hydroxylation is 3. The van der Waals surface area contributed by atoms with Crippen LogP contribution in [0.3, 0.4) is 0 Å². The molecule has 0 saturated carbocycles. The molecule has 2 aromatic rings. The zero-order chi connectivity index (χ0) is 10.8. The van der Waals surface area contributed by atoms with Gasteiger partial charge in [-0.1, -0.05) is 16.9 Å². The van der Waals surface area contributed by atoms with E-state index in [1.807, 2.05) is 26.8 Å². The van der Waals surface area contributed by atoms with E-state index in [0.29, 0.717) is 5.22 Å². The van der Waals surface area contributed by atoms with Crippen molar-refractivity contribution in [3.63, 3.8) is 0 Å². The van der Waals surface area contributed by atoms with E-state index in [4.69, 9.17) is 8.94 Å². The van der Waals surface area contributed by atoms with Crippen molar-refractivity contribution in [3.8, 4) is 0 Å². The third-order valence-corrected chi connectivity index (χ3v) is 2.89. The first kappa shape index (κ1) is 10.3. The quantitative estimate of drug-likeness (QED) is 0.750. The van der Waals surface area contributed by atoms with E-state index >= 15 is 0 Å². The van der Waals surface area contributed by atoms with Crippen molar-refractivity contribution in [3.05, 3.63) is 29.0 Å². The summed E-state index contributed by atoms with van der Waals surface area (Å²) in [5, 5.41) is 4.58. The summed E-state index contributed by atoms with van der Waals surface area (Å²) in [6.45, 7) is 5.72. The summed E-state index contributed by atoms with van der Waals surface area (Å²) >= 11 is 1.52. The Morgan fingerprint density at radius 1 is 1.33 bits per heavy atom. The molecule has 0 amide bonds. The number of aromatic nitrogens is 2. The van der Waals surface area contributed by atoms with Crippen LogP contribution >= 0.6 is 11.8 Å². The Kier molecular flexibility index (Phi) is 2.81. The molecule has 0 aliphatic heterocycles. The van der Waals surface area contributed by atoms with Gasteiger partial charge in [-0.2, -0.15) is 0 Å². The lowest BCUT2D eigenvalue weighted by molar-refractivity contribution is 0.392. The van der Waals surface area contributed by atoms with E-state index in [0.717, 1.165) is 28.7 Å². The standard InChI is InChI=1S/C10H12N2O2S/c1-6-4-9(12-14-6)5-15-10-11-7(2)8(3)13-10/h4H,5H2,1-3H3. The molecular weight excluding hydrogens is 212 g/mol. The molecule has 0 spiro atoms. The molecule has 5 heteroatoms. The van der Waals surface area contributed by atoms with Crippen molar-refractivity contribution < 1.29 is 8.94 Å². The van der Waals surface area contributed by atoms with Crippen LogP contribution in [0.15, 0.2) is 20.2 Å². The molecule has 0 aliphatic carbocycles. The molecule has 0 aliphatic rings. The topological polar surface area (TPSA) is 52.1 Å². The summed E-state index contributed by atoms with van der Waals surface area (Å²) in [6.07, 6.45) is 0. The van der Waals surface area contributed by atoms with Crippen molar-refractivity contribution in [2.45, 2.75) is 31.7 Å². The zero-order valence-corrected chi connectivity index (χ0v) is 9.72. The van der Waals surface area contributed by atoms with Gasteiger partial charge >= 0.3 is 0 Å². The van der Waals surface area contributed by atoms with Crippen molar-refractivity contribution in [1.82, 2.24) is 10.1 Å². The molecular formula is C10H12N2O2S. The number of hydrogen-bond acceptors (Lipinski definition) is 5. The van der Waals surface area contributed by atoms with Crippen LogP contribution in [0, 0.1) is 20.8 Å². The molecule has 4 nitrogen and oxygen atoms in total. The van der Waals surface area contributed by atoms with Crippen LogP contribution in [-0.4, -0.2) is 10.1 Å². The van der Waals surface area contributed by atoms with Crippen LogP contribution < -0.4 is 0 Å². The lowest BCUT2D eigenvalue weighted by Gasteiger charge is -1.90. The molecule has 0 saturated heterocycles. The fraction of sp³-hybridized carbons (Fsp3) is 0.400. The van der Waals surface area contributed by atoms with Gasteiger partial charge in [-0.05, 0) is 20.8 Å². The van der Waals surface area contributed by atoms with E-state index in [9.17, 15) is 0 Å². The number of rotatable bonds is 3. The number of oxazole rings is 1. The molecule has 0 aromatic carbocycles. The molecule has 0 fully saturated rings. The van der Waals surface area contributed by atoms with Gasteiger partial charge in [-0.25, -0.2) is 4.98 Å². The van der Waals surface area contributed by atoms with Gasteiger partial charge in [0.05, 0.1) is 11.4 Å². The summed E-state index contributed by atoms with van der Waals surface area (Å²) < 4.78 is 10.4. The summed E-state index contributed by atoms with van der Waals surface area (Å²) in [7, 11) is 0. The molecule has 2 heterocycles. The molecule has 80 valence electrons. The third-order valence-electron chi connectivity index (χ3n) is 2.03. The Hall–Kier alpha value is -1.23. The van der Waals surface area contributed by atoms with Gasteiger partial charge in [0.15, 0.2) is 0 Å². The van der Waals surface area contributed by atoms with Gasteiger partial charge in [0, 0.05) is 11.8 Å². The summed E-state index contributed by atoms with van der Waals surface area (Å²) in [6, 6.07) is 1.91. The van der Waals surface area contributed by atoms with Gasteiger partial charge in [0.1, 0.15) is 11.5 Å². The first-order valence-electron chi connectivity index (χ1n) is 4.64. The van der Waals surface area contributed by atoms with Crippen molar-refractivity contribution >= 4 is 11.8 Å². The molecule has 2 rings (SSSR count). The third kappa shape index (κ3) is 2.41. The second-order valence-corrected chi connectivity index (χ2v) is 4.27. The highest BCUT2D eigenvalue weighted by Gasteiger charge is 2.08. The van der Waals surface area contributed by atoms with E-state index in [2.05, 4.69) is 10.1 Å². The Morgan fingerprint density at radius 3 is 2.67 bits per heavy atom. The number of hydrogen-bond donors (Lipinski definition) is 0. The van der Waals surface area contributed by atoms with Gasteiger partial charge in [-0.3, -0.25) is 0 Å². The monoisotopic (exact) mass is 224 g/mol. The highest BCUT2D eigenvalue weighted by Crippen LogP contribution is 2.23. The Bertz CT molecular complexity index is 442. The maximum absolute atomic E-state index is 5.44. The summed E-state index contributed by atoms with van der Waals surface area (Å²) in [5.74, 6) is 2.41. The van der Waals surface area contributed by atoms with Crippen LogP contribution in [0.2, 0.25) is 0 Å². The first-order chi connectivity index (χ1) is 7.15. The van der Waals surface area contributed by atoms with Crippen molar-refractivity contribution in [2.75, 3.05) is 0 Å². The summed E-state index contributed by atoms with van der Waals surface area (Å²) in [4.78, 5) is 4.27. The minimum atomic E-state index is 0.686. The molecule has 0 unspecified atom stereocenters. The average molecular weight is 224 g/mol. The van der Waals surface area contributed by atoms with Gasteiger partial charge in [-0.15, -0.1) is 0 Å². The minimum absolute atomic E-state index is 0.686. The van der Waals surface area contributed by atoms with E-state index < -0.39 is 0 Å². The van der Waals surface area contributed by atoms with Crippen LogP contribution in [0.5, 0.6) is 0 Å². The Morgan fingerprint density at radius 2 is 2.13 bits per heavy atom. The van der Waals surface area contributed by atoms with Crippen LogP contribution in [0.1, 0.15) is 22.9 Å². The van der Waals surface area contributed by atoms with E-state index in [1.54, 1.807) is 0 Å². The lowest BCUT2D eigenvalue weighted by atomic mass is 10.4. The zero-order valence-electron chi connectivity index (χ0n) is 8.90. The lowest BCUT2D eigenvalue weighted by Crippen LogP contribution is -1.79. The molecule has 0 atom stereocenters. The summed E-state index contributed by atoms with van der Waals surface area (Å²) in [5.41, 5.74) is 1.85. The second-order valence-electron chi connectivity index (χ2n) is 3.34. The maximum atomic E-state index is 5.44. The first-order valence-corrected chi connectivity index (χ1v) is 5.63. The molecule has 0 N–H and O–H groups in total. The van der Waals surface area contributed by atoms with Crippen molar-refractivity contribution in [2.24, 2.45) is 0 Å². The van der Waals surface area contributed by atoms with Crippen molar-refractivity contribution in [1.29, 1.82) is 0 Å². The van der Waals surface area contributed by atoms with Gasteiger partial charge < -0.3 is 8.94 Å². The SMILES string of the molecule is Cc1cc(CSc2nc(C)c(C)o2)no1. The smallest absolute Gasteiger partial charge is 0.256 e. The largest absolute Gasteiger partial charge is 0.437 e. The Balaban J connectivity index is 1.99. The van der Waals surface area contributed by atoms with Crippen LogP contribution in [0.25, 0.3) is 0 Å². The maximum Gasteiger partial charge on any atom is 0.256 e. The van der Waals surface area contributed by atoms with Crippen LogP contribution in [0.4, 0.5) is 0 Å². The van der Waals surface area contributed by atoms with Gasteiger partial charge in [0.2, 0.25) is 0 Å².